The number of likely N-dealkylation sites (N-methyl/N-ethyl adjacent to an activating group) is 1. The fourth-order valence-corrected chi connectivity index (χ4v) is 5.19. The first-order chi connectivity index (χ1) is 18.6. The van der Waals surface area contributed by atoms with Crippen molar-refractivity contribution < 1.29 is 19.1 Å². The molecule has 6 heteroatoms. The lowest BCUT2D eigenvalue weighted by molar-refractivity contribution is -0.122. The van der Waals surface area contributed by atoms with E-state index >= 15 is 4.79 Å². The number of hydrogen-bond acceptors (Lipinski definition) is 5. The first-order valence-corrected chi connectivity index (χ1v) is 12.6. The van der Waals surface area contributed by atoms with Gasteiger partial charge in [0.15, 0.2) is 5.54 Å². The number of benzene rings is 4. The molecule has 0 saturated heterocycles. The van der Waals surface area contributed by atoms with Gasteiger partial charge in [0.25, 0.3) is 5.91 Å². The van der Waals surface area contributed by atoms with Crippen molar-refractivity contribution >= 4 is 23.3 Å². The van der Waals surface area contributed by atoms with Gasteiger partial charge in [-0.1, -0.05) is 78.9 Å². The highest BCUT2D eigenvalue weighted by Crippen LogP contribution is 2.45. The molecule has 4 aromatic carbocycles. The van der Waals surface area contributed by atoms with E-state index in [1.54, 1.807) is 30.1 Å². The molecule has 0 spiro atoms. The Morgan fingerprint density at radius 2 is 1.47 bits per heavy atom. The fourth-order valence-electron chi connectivity index (χ4n) is 5.19. The highest BCUT2D eigenvalue weighted by atomic mass is 16.5. The molecule has 6 nitrogen and oxygen atoms in total. The molecule has 0 atom stereocenters. The van der Waals surface area contributed by atoms with Gasteiger partial charge in [-0.25, -0.2) is 4.79 Å². The van der Waals surface area contributed by atoms with E-state index in [1.807, 2.05) is 91.0 Å². The summed E-state index contributed by atoms with van der Waals surface area (Å²) in [5.41, 5.74) is 2.27. The molecular weight excluding hydrogens is 476 g/mol. The number of fused-ring (bicyclic) bond motifs is 1. The number of para-hydroxylation sites is 2. The monoisotopic (exact) mass is 506 g/mol. The standard InChI is InChI=1S/C32H30N2O4/c1-33(27-18-11-13-24(23-27)30(35)37-2)31(36)32(25-14-5-3-6-15-25,26-16-7-4-8-17-26)34-21-12-22-38-29-20-10-9-19-28(29)34/h3-11,13-20,23H,12,21-22H2,1-2H3. The molecule has 0 aromatic heterocycles. The van der Waals surface area contributed by atoms with Gasteiger partial charge in [0.05, 0.1) is 25.0 Å². The number of hydrogen-bond donors (Lipinski definition) is 0. The third-order valence-electron chi connectivity index (χ3n) is 7.00. The molecule has 1 heterocycles. The lowest BCUT2D eigenvalue weighted by Gasteiger charge is -2.46. The second kappa shape index (κ2) is 10.8. The summed E-state index contributed by atoms with van der Waals surface area (Å²) in [6.07, 6.45) is 0.741. The first-order valence-electron chi connectivity index (χ1n) is 12.6. The molecule has 4 aromatic rings. The van der Waals surface area contributed by atoms with Crippen molar-refractivity contribution in [3.63, 3.8) is 0 Å². The van der Waals surface area contributed by atoms with Crippen molar-refractivity contribution in [2.24, 2.45) is 0 Å². The average molecular weight is 507 g/mol. The molecule has 1 aliphatic rings. The number of methoxy groups -OCH3 is 1. The number of nitrogens with zero attached hydrogens (tertiary/aromatic N) is 2. The molecule has 0 N–H and O–H groups in total. The van der Waals surface area contributed by atoms with Crippen molar-refractivity contribution in [2.75, 3.05) is 37.1 Å². The molecule has 0 bridgehead atoms. The van der Waals surface area contributed by atoms with Gasteiger partial charge in [-0.2, -0.15) is 0 Å². The Morgan fingerprint density at radius 1 is 0.842 bits per heavy atom. The average Bonchev–Trinajstić information content (AvgIpc) is 3.21. The van der Waals surface area contributed by atoms with Gasteiger partial charge in [0.2, 0.25) is 0 Å². The first kappa shape index (κ1) is 25.1. The Kier molecular flexibility index (Phi) is 7.13. The van der Waals surface area contributed by atoms with Crippen LogP contribution < -0.4 is 14.5 Å². The molecular formula is C32H30N2O4. The lowest BCUT2D eigenvalue weighted by Crippen LogP contribution is -2.58. The van der Waals surface area contributed by atoms with Gasteiger partial charge in [-0.05, 0) is 47.9 Å². The minimum Gasteiger partial charge on any atom is -0.491 e. The van der Waals surface area contributed by atoms with Gasteiger partial charge in [-0.3, -0.25) is 4.79 Å². The van der Waals surface area contributed by atoms with Crippen LogP contribution in [0.25, 0.3) is 0 Å². The highest BCUT2D eigenvalue weighted by molar-refractivity contribution is 6.06. The number of carbonyl (C=O) groups excluding carboxylic acids is 2. The summed E-state index contributed by atoms with van der Waals surface area (Å²) in [6, 6.07) is 34.5. The predicted molar refractivity (Wildman–Crippen MR) is 149 cm³/mol. The molecule has 192 valence electrons. The SMILES string of the molecule is COC(=O)c1cccc(N(C)C(=O)C(c2ccccc2)(c2ccccc2)N2CCCOc3ccccc32)c1. The Bertz CT molecular complexity index is 1380. The van der Waals surface area contributed by atoms with Crippen LogP contribution in [0, 0.1) is 0 Å². The topological polar surface area (TPSA) is 59.1 Å². The van der Waals surface area contributed by atoms with Crippen LogP contribution in [-0.2, 0) is 15.1 Å². The highest BCUT2D eigenvalue weighted by Gasteiger charge is 2.50. The zero-order chi connectivity index (χ0) is 26.5. The van der Waals surface area contributed by atoms with Crippen molar-refractivity contribution in [3.05, 3.63) is 126 Å². The van der Waals surface area contributed by atoms with E-state index in [9.17, 15) is 4.79 Å². The third-order valence-corrected chi connectivity index (χ3v) is 7.00. The van der Waals surface area contributed by atoms with Crippen molar-refractivity contribution in [3.8, 4) is 5.75 Å². The fraction of sp³-hybridized carbons (Fsp3) is 0.188. The van der Waals surface area contributed by atoms with Crippen LogP contribution in [0.3, 0.4) is 0 Å². The molecule has 0 saturated carbocycles. The van der Waals surface area contributed by atoms with Crippen LogP contribution in [-0.4, -0.2) is 39.2 Å². The summed E-state index contributed by atoms with van der Waals surface area (Å²) in [4.78, 5) is 31.1. The maximum Gasteiger partial charge on any atom is 0.337 e. The van der Waals surface area contributed by atoms with Gasteiger partial charge >= 0.3 is 5.97 Å². The van der Waals surface area contributed by atoms with E-state index in [0.717, 1.165) is 29.0 Å². The lowest BCUT2D eigenvalue weighted by atomic mass is 9.79. The van der Waals surface area contributed by atoms with Crippen LogP contribution in [0.1, 0.15) is 27.9 Å². The van der Waals surface area contributed by atoms with Crippen LogP contribution in [0.5, 0.6) is 5.75 Å². The van der Waals surface area contributed by atoms with Crippen LogP contribution >= 0.6 is 0 Å². The third kappa shape index (κ3) is 4.39. The Labute approximate surface area is 223 Å². The Balaban J connectivity index is 1.77. The number of carbonyl (C=O) groups is 2. The largest absolute Gasteiger partial charge is 0.491 e. The summed E-state index contributed by atoms with van der Waals surface area (Å²) in [5.74, 6) is 0.127. The molecule has 38 heavy (non-hydrogen) atoms. The zero-order valence-corrected chi connectivity index (χ0v) is 21.5. The molecule has 5 rings (SSSR count). The van der Waals surface area contributed by atoms with E-state index in [2.05, 4.69) is 4.90 Å². The zero-order valence-electron chi connectivity index (χ0n) is 21.5. The second-order valence-electron chi connectivity index (χ2n) is 9.17. The van der Waals surface area contributed by atoms with Gasteiger partial charge < -0.3 is 19.3 Å². The molecule has 1 aliphatic heterocycles. The van der Waals surface area contributed by atoms with Gasteiger partial charge in [-0.15, -0.1) is 0 Å². The van der Waals surface area contributed by atoms with Crippen LogP contribution in [0.2, 0.25) is 0 Å². The van der Waals surface area contributed by atoms with Crippen molar-refractivity contribution in [1.82, 2.24) is 0 Å². The molecule has 0 radical (unpaired) electrons. The van der Waals surface area contributed by atoms with E-state index in [0.29, 0.717) is 24.4 Å². The summed E-state index contributed by atoms with van der Waals surface area (Å²) < 4.78 is 11.0. The Morgan fingerprint density at radius 3 is 2.13 bits per heavy atom. The summed E-state index contributed by atoms with van der Waals surface area (Å²) in [5, 5.41) is 0. The molecule has 0 fully saturated rings. The van der Waals surface area contributed by atoms with Crippen LogP contribution in [0.4, 0.5) is 11.4 Å². The molecule has 0 unspecified atom stereocenters. The minimum absolute atomic E-state index is 0.159. The summed E-state index contributed by atoms with van der Waals surface area (Å²) >= 11 is 0. The van der Waals surface area contributed by atoms with E-state index in [4.69, 9.17) is 9.47 Å². The van der Waals surface area contributed by atoms with Crippen molar-refractivity contribution in [2.45, 2.75) is 12.0 Å². The number of esters is 1. The normalized spacial score (nSPS) is 13.1. The van der Waals surface area contributed by atoms with Crippen molar-refractivity contribution in [1.29, 1.82) is 0 Å². The van der Waals surface area contributed by atoms with E-state index in [-0.39, 0.29) is 5.91 Å². The second-order valence-corrected chi connectivity index (χ2v) is 9.17. The maximum absolute atomic E-state index is 15.1. The predicted octanol–water partition coefficient (Wildman–Crippen LogP) is 5.67. The Hall–Kier alpha value is -4.58. The summed E-state index contributed by atoms with van der Waals surface area (Å²) in [7, 11) is 3.10. The quantitative estimate of drug-likeness (QED) is 0.316. The maximum atomic E-state index is 15.1. The minimum atomic E-state index is -1.22. The smallest absolute Gasteiger partial charge is 0.337 e. The van der Waals surface area contributed by atoms with E-state index in [1.165, 1.54) is 7.11 Å². The van der Waals surface area contributed by atoms with Gasteiger partial charge in [0.1, 0.15) is 5.75 Å². The summed E-state index contributed by atoms with van der Waals surface area (Å²) in [6.45, 7) is 1.15. The number of rotatable bonds is 6. The van der Waals surface area contributed by atoms with Crippen LogP contribution in [0.15, 0.2) is 109 Å². The van der Waals surface area contributed by atoms with Gasteiger partial charge in [0, 0.05) is 19.3 Å². The number of anilines is 2. The molecule has 1 amide bonds. The molecule has 0 aliphatic carbocycles. The number of ether oxygens (including phenoxy) is 2. The van der Waals surface area contributed by atoms with E-state index < -0.39 is 11.5 Å². The number of amides is 1.